The van der Waals surface area contributed by atoms with Crippen molar-refractivity contribution in [1.29, 1.82) is 5.26 Å². The molecule has 2 aromatic rings. The molecule has 0 saturated heterocycles. The predicted octanol–water partition coefficient (Wildman–Crippen LogP) is 3.91. The summed E-state index contributed by atoms with van der Waals surface area (Å²) in [5.41, 5.74) is 1.05. The summed E-state index contributed by atoms with van der Waals surface area (Å²) in [7, 11) is 0. The molecule has 0 atom stereocenters. The molecule has 24 heavy (non-hydrogen) atoms. The van der Waals surface area contributed by atoms with Crippen LogP contribution in [0.2, 0.25) is 0 Å². The Hall–Kier alpha value is -2.49. The Balaban J connectivity index is 2.03. The largest absolute Gasteiger partial charge is 0.321 e. The number of hydrogen-bond donors (Lipinski definition) is 2. The monoisotopic (exact) mass is 354 g/mol. The van der Waals surface area contributed by atoms with Crippen molar-refractivity contribution in [3.05, 3.63) is 76.0 Å². The third-order valence-corrected chi connectivity index (χ3v) is 4.52. The summed E-state index contributed by atoms with van der Waals surface area (Å²) in [5.74, 6) is -0.534. The van der Waals surface area contributed by atoms with Crippen LogP contribution in [0.3, 0.4) is 0 Å². The number of thioether (sulfide) groups is 1. The number of carbonyl (C=O) groups is 2. The summed E-state index contributed by atoms with van der Waals surface area (Å²) in [5, 5.41) is 11.8. The fourth-order valence-corrected chi connectivity index (χ4v) is 2.89. The molecule has 0 aromatic heterocycles. The van der Waals surface area contributed by atoms with Gasteiger partial charge in [0.15, 0.2) is 5.78 Å². The van der Waals surface area contributed by atoms with Crippen molar-refractivity contribution in [2.45, 2.75) is 0 Å². The lowest BCUT2D eigenvalue weighted by atomic mass is 10.2. The molecule has 0 spiro atoms. The Bertz CT molecular complexity index is 797. The van der Waals surface area contributed by atoms with Gasteiger partial charge in [0.1, 0.15) is 11.6 Å². The molecule has 0 unspecified atom stereocenters. The molecule has 0 bridgehead atoms. The highest BCUT2D eigenvalue weighted by Crippen LogP contribution is 2.25. The second kappa shape index (κ2) is 8.96. The van der Waals surface area contributed by atoms with Crippen LogP contribution in [0.5, 0.6) is 0 Å². The van der Waals surface area contributed by atoms with Gasteiger partial charge in [0.2, 0.25) is 0 Å². The first-order chi connectivity index (χ1) is 11.6. The van der Waals surface area contributed by atoms with Crippen LogP contribution in [-0.2, 0) is 4.79 Å². The number of nitrogens with one attached hydrogen (secondary N) is 1. The van der Waals surface area contributed by atoms with Crippen LogP contribution in [-0.4, -0.2) is 17.4 Å². The number of benzene rings is 2. The fourth-order valence-electron chi connectivity index (χ4n) is 1.82. The Morgan fingerprint density at radius 2 is 1.62 bits per heavy atom. The molecular formula is C18H14N2O2S2. The van der Waals surface area contributed by atoms with Gasteiger partial charge in [-0.2, -0.15) is 5.26 Å². The van der Waals surface area contributed by atoms with Gasteiger partial charge in [0, 0.05) is 11.3 Å². The molecule has 0 heterocycles. The number of Topliss-reactive ketones (excluding diaryl/α,β-unsaturated/α-hetero) is 1. The minimum atomic E-state index is -0.548. The highest BCUT2D eigenvalue weighted by Gasteiger charge is 2.15. The molecule has 0 saturated carbocycles. The number of carbonyl (C=O) groups excluding carboxylic acids is 2. The van der Waals surface area contributed by atoms with Crippen molar-refractivity contribution < 1.29 is 9.59 Å². The number of anilines is 1. The van der Waals surface area contributed by atoms with E-state index in [9.17, 15) is 14.9 Å². The van der Waals surface area contributed by atoms with Crippen LogP contribution in [0.15, 0.2) is 70.5 Å². The maximum Gasteiger partial charge on any atom is 0.268 e. The predicted molar refractivity (Wildman–Crippen MR) is 99.9 cm³/mol. The Morgan fingerprint density at radius 3 is 2.21 bits per heavy atom. The lowest BCUT2D eigenvalue weighted by molar-refractivity contribution is -0.112. The van der Waals surface area contributed by atoms with E-state index in [2.05, 4.69) is 17.9 Å². The van der Waals surface area contributed by atoms with E-state index in [0.29, 0.717) is 11.3 Å². The van der Waals surface area contributed by atoms with Gasteiger partial charge in [-0.1, -0.05) is 48.5 Å². The molecule has 120 valence electrons. The van der Waals surface area contributed by atoms with E-state index in [1.54, 1.807) is 48.5 Å². The Labute approximate surface area is 150 Å². The Kier molecular flexibility index (Phi) is 6.67. The van der Waals surface area contributed by atoms with Crippen LogP contribution < -0.4 is 5.32 Å². The van der Waals surface area contributed by atoms with Crippen molar-refractivity contribution in [2.75, 3.05) is 11.1 Å². The van der Waals surface area contributed by atoms with E-state index in [-0.39, 0.29) is 21.3 Å². The quantitative estimate of drug-likeness (QED) is 0.357. The third-order valence-electron chi connectivity index (χ3n) is 3.02. The number of thiol groups is 1. The van der Waals surface area contributed by atoms with E-state index >= 15 is 0 Å². The molecule has 6 heteroatoms. The van der Waals surface area contributed by atoms with Gasteiger partial charge in [-0.3, -0.25) is 9.59 Å². The molecule has 1 amide bonds. The first-order valence-corrected chi connectivity index (χ1v) is 8.46. The number of nitrogens with zero attached hydrogens (tertiary/aromatic N) is 1. The number of nitriles is 1. The summed E-state index contributed by atoms with van der Waals surface area (Å²) < 4.78 is 0.218. The van der Waals surface area contributed by atoms with Gasteiger partial charge in [-0.15, -0.1) is 24.4 Å². The number of amides is 1. The van der Waals surface area contributed by atoms with E-state index in [4.69, 9.17) is 0 Å². The molecule has 2 rings (SSSR count). The van der Waals surface area contributed by atoms with Gasteiger partial charge in [0.05, 0.1) is 9.99 Å². The minimum absolute atomic E-state index is 0.0899. The molecule has 2 aromatic carbocycles. The van der Waals surface area contributed by atoms with Crippen LogP contribution in [0.4, 0.5) is 5.69 Å². The molecule has 0 aliphatic heterocycles. The first-order valence-electron chi connectivity index (χ1n) is 7.02. The lowest BCUT2D eigenvalue weighted by Gasteiger charge is -2.06. The number of para-hydroxylation sites is 1. The van der Waals surface area contributed by atoms with E-state index in [1.807, 2.05) is 18.2 Å². The third kappa shape index (κ3) is 5.01. The average Bonchev–Trinajstić information content (AvgIpc) is 2.62. The van der Waals surface area contributed by atoms with Crippen molar-refractivity contribution >= 4 is 41.8 Å². The standard InChI is InChI=1S/C18H14N2O2S2/c19-11-15(17(22)20-14-9-5-2-6-10-14)18(23)24-12-16(21)13-7-3-1-4-8-13/h1-10,23H,12H2,(H,20,22). The normalized spacial score (nSPS) is 11.2. The van der Waals surface area contributed by atoms with Gasteiger partial charge in [0.25, 0.3) is 5.91 Å². The van der Waals surface area contributed by atoms with Crippen LogP contribution in [0.1, 0.15) is 10.4 Å². The number of hydrogen-bond acceptors (Lipinski definition) is 5. The summed E-state index contributed by atoms with van der Waals surface area (Å²) in [6.07, 6.45) is 0. The van der Waals surface area contributed by atoms with Crippen LogP contribution in [0.25, 0.3) is 0 Å². The van der Waals surface area contributed by atoms with Crippen LogP contribution in [0, 0.1) is 11.3 Å². The number of rotatable bonds is 6. The molecular weight excluding hydrogens is 340 g/mol. The summed E-state index contributed by atoms with van der Waals surface area (Å²) in [4.78, 5) is 24.2. The molecule has 1 N–H and O–H groups in total. The SMILES string of the molecule is N#CC(C(=O)Nc1ccccc1)=C(S)SCC(=O)c1ccccc1. The molecule has 0 aliphatic rings. The average molecular weight is 354 g/mol. The molecule has 4 nitrogen and oxygen atoms in total. The lowest BCUT2D eigenvalue weighted by Crippen LogP contribution is -2.14. The zero-order valence-corrected chi connectivity index (χ0v) is 14.3. The summed E-state index contributed by atoms with van der Waals surface area (Å²) >= 11 is 5.27. The van der Waals surface area contributed by atoms with E-state index in [1.165, 1.54) is 0 Å². The first kappa shape index (κ1) is 17.9. The van der Waals surface area contributed by atoms with Crippen molar-refractivity contribution in [3.8, 4) is 6.07 Å². The Morgan fingerprint density at radius 1 is 1.04 bits per heavy atom. The van der Waals surface area contributed by atoms with Gasteiger partial charge in [-0.25, -0.2) is 0 Å². The van der Waals surface area contributed by atoms with Gasteiger partial charge in [-0.05, 0) is 12.1 Å². The van der Waals surface area contributed by atoms with Crippen molar-refractivity contribution in [1.82, 2.24) is 0 Å². The maximum absolute atomic E-state index is 12.2. The minimum Gasteiger partial charge on any atom is -0.321 e. The highest BCUT2D eigenvalue weighted by atomic mass is 32.2. The number of ketones is 1. The van der Waals surface area contributed by atoms with Gasteiger partial charge < -0.3 is 5.32 Å². The zero-order valence-electron chi connectivity index (χ0n) is 12.6. The molecule has 0 fully saturated rings. The van der Waals surface area contributed by atoms with Gasteiger partial charge >= 0.3 is 0 Å². The molecule has 0 aliphatic carbocycles. The summed E-state index contributed by atoms with van der Waals surface area (Å²) in [6.45, 7) is 0. The maximum atomic E-state index is 12.2. The molecule has 0 radical (unpaired) electrons. The smallest absolute Gasteiger partial charge is 0.268 e. The van der Waals surface area contributed by atoms with Crippen LogP contribution >= 0.6 is 24.4 Å². The second-order valence-corrected chi connectivity index (χ2v) is 6.43. The van der Waals surface area contributed by atoms with E-state index in [0.717, 1.165) is 11.8 Å². The topological polar surface area (TPSA) is 70.0 Å². The van der Waals surface area contributed by atoms with E-state index < -0.39 is 5.91 Å². The fraction of sp³-hybridized carbons (Fsp3) is 0.0556. The second-order valence-electron chi connectivity index (χ2n) is 4.69. The highest BCUT2D eigenvalue weighted by molar-refractivity contribution is 8.16. The van der Waals surface area contributed by atoms with Crippen molar-refractivity contribution in [3.63, 3.8) is 0 Å². The summed E-state index contributed by atoms with van der Waals surface area (Å²) in [6, 6.07) is 19.5. The zero-order chi connectivity index (χ0) is 17.4. The van der Waals surface area contributed by atoms with Crippen molar-refractivity contribution in [2.24, 2.45) is 0 Å².